The molecule has 2 aromatic rings. The molecule has 0 saturated heterocycles. The molecule has 7 nitrogen and oxygen atoms in total. The van der Waals surface area contributed by atoms with Crippen LogP contribution < -0.4 is 5.32 Å². The van der Waals surface area contributed by atoms with Crippen molar-refractivity contribution in [2.75, 3.05) is 0 Å². The highest BCUT2D eigenvalue weighted by Gasteiger charge is 2.30. The predicted octanol–water partition coefficient (Wildman–Crippen LogP) is 3.75. The van der Waals surface area contributed by atoms with Gasteiger partial charge in [0.05, 0.1) is 29.7 Å². The minimum Gasteiger partial charge on any atom is -0.444 e. The maximum absolute atomic E-state index is 12.4. The number of ether oxygens (including phenoxy) is 1. The summed E-state index contributed by atoms with van der Waals surface area (Å²) in [4.78, 5) is 17.0. The van der Waals surface area contributed by atoms with Gasteiger partial charge in [0.15, 0.2) is 5.65 Å². The summed E-state index contributed by atoms with van der Waals surface area (Å²) in [6.07, 6.45) is 8.53. The van der Waals surface area contributed by atoms with Gasteiger partial charge in [-0.3, -0.25) is 0 Å². The lowest BCUT2D eigenvalue weighted by atomic mass is 9.83. The molecule has 1 N–H and O–H groups in total. The van der Waals surface area contributed by atoms with Crippen molar-refractivity contribution in [3.63, 3.8) is 0 Å². The number of carbonyl (C=O) groups excluding carboxylic acids is 1. The zero-order valence-electron chi connectivity index (χ0n) is 15.5. The number of amides is 1. The average Bonchev–Trinajstić information content (AvgIpc) is 3.01. The van der Waals surface area contributed by atoms with Crippen LogP contribution in [0.5, 0.6) is 0 Å². The monoisotopic (exact) mass is 355 g/mol. The molecular formula is C19H25N5O2. The van der Waals surface area contributed by atoms with Crippen LogP contribution in [0.2, 0.25) is 0 Å². The number of nitrogens with zero attached hydrogens (tertiary/aromatic N) is 4. The van der Waals surface area contributed by atoms with Crippen LogP contribution >= 0.6 is 0 Å². The van der Waals surface area contributed by atoms with Crippen molar-refractivity contribution in [3.05, 3.63) is 29.7 Å². The minimum atomic E-state index is -0.552. The van der Waals surface area contributed by atoms with Crippen molar-refractivity contribution in [1.82, 2.24) is 19.9 Å². The normalized spacial score (nSPS) is 16.8. The Morgan fingerprint density at radius 2 is 2.12 bits per heavy atom. The summed E-state index contributed by atoms with van der Waals surface area (Å²) in [7, 11) is 0. The number of hydrogen-bond donors (Lipinski definition) is 1. The molecule has 3 rings (SSSR count). The van der Waals surface area contributed by atoms with Crippen molar-refractivity contribution in [3.8, 4) is 6.07 Å². The third kappa shape index (κ3) is 4.31. The van der Waals surface area contributed by atoms with E-state index in [-0.39, 0.29) is 6.04 Å². The van der Waals surface area contributed by atoms with Crippen LogP contribution in [-0.4, -0.2) is 26.3 Å². The lowest BCUT2D eigenvalue weighted by molar-refractivity contribution is 0.0474. The summed E-state index contributed by atoms with van der Waals surface area (Å²) in [5.74, 6) is 0.316. The van der Waals surface area contributed by atoms with Gasteiger partial charge in [-0.1, -0.05) is 19.3 Å². The number of rotatable bonds is 3. The van der Waals surface area contributed by atoms with Crippen molar-refractivity contribution >= 4 is 11.7 Å². The van der Waals surface area contributed by atoms with Gasteiger partial charge in [0, 0.05) is 6.07 Å². The Hall–Kier alpha value is -2.62. The Bertz CT molecular complexity index is 825. The third-order valence-electron chi connectivity index (χ3n) is 4.58. The molecule has 138 valence electrons. The highest BCUT2D eigenvalue weighted by molar-refractivity contribution is 5.68. The first-order chi connectivity index (χ1) is 12.4. The van der Waals surface area contributed by atoms with Crippen LogP contribution in [0.4, 0.5) is 4.79 Å². The summed E-state index contributed by atoms with van der Waals surface area (Å²) < 4.78 is 7.09. The van der Waals surface area contributed by atoms with Crippen molar-refractivity contribution < 1.29 is 9.53 Å². The van der Waals surface area contributed by atoms with Gasteiger partial charge in [0.25, 0.3) is 0 Å². The van der Waals surface area contributed by atoms with E-state index >= 15 is 0 Å². The van der Waals surface area contributed by atoms with Crippen LogP contribution in [-0.2, 0) is 4.74 Å². The van der Waals surface area contributed by atoms with Crippen LogP contribution in [0.25, 0.3) is 5.65 Å². The van der Waals surface area contributed by atoms with Crippen LogP contribution in [0.3, 0.4) is 0 Å². The van der Waals surface area contributed by atoms with E-state index in [9.17, 15) is 4.79 Å². The Labute approximate surface area is 153 Å². The topological polar surface area (TPSA) is 92.3 Å². The number of imidazole rings is 1. The standard InChI is InChI=1S/C19H25N5O2/c1-19(2,3)26-18(25)23-17(14-7-5-4-6-8-14)15-12-24-16(22-15)9-13(10-20)11-21-24/h9,11-12,14,17H,4-8H2,1-3H3,(H,23,25)/t17-/m0/s1. The lowest BCUT2D eigenvalue weighted by Gasteiger charge is -2.30. The maximum atomic E-state index is 12.4. The van der Waals surface area contributed by atoms with Gasteiger partial charge in [-0.15, -0.1) is 0 Å². The Balaban J connectivity index is 1.89. The van der Waals surface area contributed by atoms with E-state index in [4.69, 9.17) is 10.00 Å². The first kappa shape index (κ1) is 18.2. The van der Waals surface area contributed by atoms with Crippen LogP contribution in [0, 0.1) is 17.2 Å². The number of fused-ring (bicyclic) bond motifs is 1. The number of nitriles is 1. The molecule has 1 amide bonds. The zero-order chi connectivity index (χ0) is 18.7. The number of nitrogens with one attached hydrogen (secondary N) is 1. The molecule has 0 aliphatic heterocycles. The molecule has 1 aliphatic carbocycles. The van der Waals surface area contributed by atoms with E-state index in [0.717, 1.165) is 31.4 Å². The molecule has 26 heavy (non-hydrogen) atoms. The molecule has 0 bridgehead atoms. The predicted molar refractivity (Wildman–Crippen MR) is 96.4 cm³/mol. The summed E-state index contributed by atoms with van der Waals surface area (Å²) in [5, 5.41) is 16.3. The van der Waals surface area contributed by atoms with Crippen molar-refractivity contribution in [1.29, 1.82) is 5.26 Å². The highest BCUT2D eigenvalue weighted by Crippen LogP contribution is 2.34. The van der Waals surface area contributed by atoms with Crippen molar-refractivity contribution in [2.45, 2.75) is 64.5 Å². The fourth-order valence-electron chi connectivity index (χ4n) is 3.44. The fraction of sp³-hybridized carbons (Fsp3) is 0.579. The van der Waals surface area contributed by atoms with E-state index in [1.54, 1.807) is 10.6 Å². The average molecular weight is 355 g/mol. The Kier molecular flexibility index (Phi) is 5.12. The molecule has 0 spiro atoms. The second-order valence-corrected chi connectivity index (χ2v) is 7.85. The highest BCUT2D eigenvalue weighted by atomic mass is 16.6. The van der Waals surface area contributed by atoms with Gasteiger partial charge in [-0.05, 0) is 39.5 Å². The lowest BCUT2D eigenvalue weighted by Crippen LogP contribution is -2.38. The van der Waals surface area contributed by atoms with E-state index in [0.29, 0.717) is 17.1 Å². The number of alkyl carbamates (subject to hydrolysis) is 1. The van der Waals surface area contributed by atoms with Gasteiger partial charge >= 0.3 is 6.09 Å². The van der Waals surface area contributed by atoms with Crippen molar-refractivity contribution in [2.24, 2.45) is 5.92 Å². The first-order valence-electron chi connectivity index (χ1n) is 9.11. The summed E-state index contributed by atoms with van der Waals surface area (Å²) in [5.41, 5.74) is 1.27. The molecule has 1 atom stereocenters. The quantitative estimate of drug-likeness (QED) is 0.905. The largest absolute Gasteiger partial charge is 0.444 e. The summed E-state index contributed by atoms with van der Waals surface area (Å²) in [6, 6.07) is 3.55. The van der Waals surface area contributed by atoms with Gasteiger partial charge in [-0.2, -0.15) is 10.4 Å². The fourth-order valence-corrected chi connectivity index (χ4v) is 3.44. The molecule has 7 heteroatoms. The molecule has 1 fully saturated rings. The Morgan fingerprint density at radius 3 is 2.77 bits per heavy atom. The summed E-state index contributed by atoms with van der Waals surface area (Å²) >= 11 is 0. The van der Waals surface area contributed by atoms with E-state index < -0.39 is 11.7 Å². The smallest absolute Gasteiger partial charge is 0.408 e. The molecule has 2 heterocycles. The van der Waals surface area contributed by atoms with Gasteiger partial charge < -0.3 is 10.1 Å². The van der Waals surface area contributed by atoms with Gasteiger partial charge in [0.1, 0.15) is 11.7 Å². The third-order valence-corrected chi connectivity index (χ3v) is 4.58. The number of aromatic nitrogens is 3. The first-order valence-corrected chi connectivity index (χ1v) is 9.11. The molecule has 2 aromatic heterocycles. The van der Waals surface area contributed by atoms with Crippen LogP contribution in [0.15, 0.2) is 18.5 Å². The SMILES string of the molecule is CC(C)(C)OC(=O)N[C@H](c1cn2ncc(C#N)cc2n1)C1CCCCC1. The second kappa shape index (κ2) is 7.32. The number of carbonyl (C=O) groups is 1. The van der Waals surface area contributed by atoms with Gasteiger partial charge in [-0.25, -0.2) is 14.3 Å². The second-order valence-electron chi connectivity index (χ2n) is 7.85. The molecule has 0 aromatic carbocycles. The molecule has 0 radical (unpaired) electrons. The molecular weight excluding hydrogens is 330 g/mol. The van der Waals surface area contributed by atoms with E-state index in [1.807, 2.05) is 27.0 Å². The van der Waals surface area contributed by atoms with Gasteiger partial charge in [0.2, 0.25) is 0 Å². The van der Waals surface area contributed by atoms with E-state index in [1.165, 1.54) is 12.6 Å². The minimum absolute atomic E-state index is 0.225. The van der Waals surface area contributed by atoms with E-state index in [2.05, 4.69) is 21.5 Å². The Morgan fingerprint density at radius 1 is 1.38 bits per heavy atom. The van der Waals surface area contributed by atoms with Crippen LogP contribution in [0.1, 0.15) is 70.2 Å². The maximum Gasteiger partial charge on any atom is 0.408 e. The summed E-state index contributed by atoms with van der Waals surface area (Å²) in [6.45, 7) is 5.54. The number of hydrogen-bond acceptors (Lipinski definition) is 5. The zero-order valence-corrected chi connectivity index (χ0v) is 15.5. The molecule has 0 unspecified atom stereocenters. The molecule has 1 saturated carbocycles. The molecule has 1 aliphatic rings.